The minimum absolute atomic E-state index is 0.161. The van der Waals surface area contributed by atoms with Gasteiger partial charge < -0.3 is 9.64 Å². The maximum Gasteiger partial charge on any atom is 0.409 e. The second kappa shape index (κ2) is 8.57. The fourth-order valence-electron chi connectivity index (χ4n) is 1.27. The van der Waals surface area contributed by atoms with Crippen LogP contribution in [0.25, 0.3) is 0 Å². The van der Waals surface area contributed by atoms with Crippen molar-refractivity contribution < 1.29 is 9.53 Å². The maximum atomic E-state index is 11.6. The predicted octanol–water partition coefficient (Wildman–Crippen LogP) is 3.29. The molecular weight excluding hydrogens is 190 g/mol. The molecule has 0 aliphatic heterocycles. The van der Waals surface area contributed by atoms with Gasteiger partial charge in [0.2, 0.25) is 0 Å². The average Bonchev–Trinajstić information content (AvgIpc) is 2.17. The highest BCUT2D eigenvalue weighted by Crippen LogP contribution is 2.05. The zero-order chi connectivity index (χ0) is 11.7. The van der Waals surface area contributed by atoms with E-state index < -0.39 is 0 Å². The van der Waals surface area contributed by atoms with Crippen molar-refractivity contribution in [2.24, 2.45) is 5.92 Å². The van der Waals surface area contributed by atoms with Gasteiger partial charge in [0.15, 0.2) is 0 Å². The van der Waals surface area contributed by atoms with Gasteiger partial charge in [-0.2, -0.15) is 0 Å². The number of ether oxygens (including phenoxy) is 1. The van der Waals surface area contributed by atoms with Crippen molar-refractivity contribution in [3.8, 4) is 0 Å². The maximum absolute atomic E-state index is 11.6. The number of hydrogen-bond donors (Lipinski definition) is 0. The molecule has 0 radical (unpaired) electrons. The van der Waals surface area contributed by atoms with Gasteiger partial charge in [0.1, 0.15) is 0 Å². The molecule has 3 heteroatoms. The number of carbonyl (C=O) groups excluding carboxylic acids is 1. The molecule has 0 atom stereocenters. The van der Waals surface area contributed by atoms with Crippen molar-refractivity contribution in [2.75, 3.05) is 19.7 Å². The molecule has 0 saturated carbocycles. The van der Waals surface area contributed by atoms with E-state index in [1.165, 1.54) is 0 Å². The van der Waals surface area contributed by atoms with E-state index >= 15 is 0 Å². The van der Waals surface area contributed by atoms with Gasteiger partial charge in [0, 0.05) is 13.1 Å². The van der Waals surface area contributed by atoms with Crippen LogP contribution in [0.1, 0.15) is 47.0 Å². The normalized spacial score (nSPS) is 10.5. The Kier molecular flexibility index (Phi) is 8.15. The van der Waals surface area contributed by atoms with Crippen molar-refractivity contribution in [1.82, 2.24) is 4.90 Å². The van der Waals surface area contributed by atoms with Crippen molar-refractivity contribution in [2.45, 2.75) is 47.0 Å². The van der Waals surface area contributed by atoms with Gasteiger partial charge in [0.05, 0.1) is 6.61 Å². The molecule has 0 spiro atoms. The first kappa shape index (κ1) is 14.3. The molecule has 90 valence electrons. The van der Waals surface area contributed by atoms with Gasteiger partial charge in [-0.1, -0.05) is 27.2 Å². The number of rotatable bonds is 7. The van der Waals surface area contributed by atoms with Crippen LogP contribution in [-0.2, 0) is 4.74 Å². The van der Waals surface area contributed by atoms with E-state index in [1.807, 2.05) is 11.8 Å². The first-order chi connectivity index (χ1) is 7.11. The lowest BCUT2D eigenvalue weighted by Crippen LogP contribution is -2.34. The Labute approximate surface area is 93.8 Å². The Hall–Kier alpha value is -0.730. The summed E-state index contributed by atoms with van der Waals surface area (Å²) in [6.45, 7) is 10.4. The molecule has 0 aromatic carbocycles. The standard InChI is InChI=1S/C12H25NO2/c1-5-7-9-13(10-8-11(3)4)12(14)15-6-2/h11H,5-10H2,1-4H3. The minimum atomic E-state index is -0.161. The molecule has 0 bridgehead atoms. The van der Waals surface area contributed by atoms with E-state index in [1.54, 1.807) is 0 Å². The number of nitrogens with zero attached hydrogens (tertiary/aromatic N) is 1. The van der Waals surface area contributed by atoms with Gasteiger partial charge >= 0.3 is 6.09 Å². The van der Waals surface area contributed by atoms with Gasteiger partial charge in [-0.05, 0) is 25.7 Å². The van der Waals surface area contributed by atoms with Crippen molar-refractivity contribution in [3.05, 3.63) is 0 Å². The van der Waals surface area contributed by atoms with Gasteiger partial charge in [0.25, 0.3) is 0 Å². The summed E-state index contributed by atoms with van der Waals surface area (Å²) in [5, 5.41) is 0. The van der Waals surface area contributed by atoms with Gasteiger partial charge in [-0.3, -0.25) is 0 Å². The predicted molar refractivity (Wildman–Crippen MR) is 63.0 cm³/mol. The second-order valence-corrected chi connectivity index (χ2v) is 4.22. The average molecular weight is 215 g/mol. The summed E-state index contributed by atoms with van der Waals surface area (Å²) >= 11 is 0. The van der Waals surface area contributed by atoms with E-state index in [2.05, 4.69) is 20.8 Å². The number of carbonyl (C=O) groups is 1. The van der Waals surface area contributed by atoms with E-state index in [9.17, 15) is 4.79 Å². The van der Waals surface area contributed by atoms with Crippen LogP contribution in [0.5, 0.6) is 0 Å². The fraction of sp³-hybridized carbons (Fsp3) is 0.917. The highest BCUT2D eigenvalue weighted by Gasteiger charge is 2.13. The summed E-state index contributed by atoms with van der Waals surface area (Å²) in [5.41, 5.74) is 0. The molecule has 0 fully saturated rings. The van der Waals surface area contributed by atoms with Crippen LogP contribution in [0, 0.1) is 5.92 Å². The Morgan fingerprint density at radius 2 is 1.93 bits per heavy atom. The van der Waals surface area contributed by atoms with Crippen molar-refractivity contribution >= 4 is 6.09 Å². The lowest BCUT2D eigenvalue weighted by Gasteiger charge is -2.22. The molecule has 0 unspecified atom stereocenters. The summed E-state index contributed by atoms with van der Waals surface area (Å²) in [4.78, 5) is 13.4. The third-order valence-electron chi connectivity index (χ3n) is 2.28. The van der Waals surface area contributed by atoms with Crippen LogP contribution in [0.15, 0.2) is 0 Å². The molecule has 1 amide bonds. The molecule has 3 nitrogen and oxygen atoms in total. The van der Waals surface area contributed by atoms with Crippen LogP contribution in [0.3, 0.4) is 0 Å². The Bertz CT molecular complexity index is 169. The van der Waals surface area contributed by atoms with E-state index in [4.69, 9.17) is 4.74 Å². The molecule has 0 heterocycles. The van der Waals surface area contributed by atoms with Crippen LogP contribution in [0.4, 0.5) is 4.79 Å². The zero-order valence-corrected chi connectivity index (χ0v) is 10.6. The third-order valence-corrected chi connectivity index (χ3v) is 2.28. The SMILES string of the molecule is CCCCN(CCC(C)C)C(=O)OCC. The fourth-order valence-corrected chi connectivity index (χ4v) is 1.27. The monoisotopic (exact) mass is 215 g/mol. The Morgan fingerprint density at radius 3 is 2.40 bits per heavy atom. The first-order valence-electron chi connectivity index (χ1n) is 6.03. The van der Waals surface area contributed by atoms with Crippen molar-refractivity contribution in [3.63, 3.8) is 0 Å². The third kappa shape index (κ3) is 7.23. The molecule has 0 aliphatic carbocycles. The largest absolute Gasteiger partial charge is 0.450 e. The Morgan fingerprint density at radius 1 is 1.27 bits per heavy atom. The molecule has 0 aromatic rings. The zero-order valence-electron chi connectivity index (χ0n) is 10.6. The molecule has 0 N–H and O–H groups in total. The second-order valence-electron chi connectivity index (χ2n) is 4.22. The Balaban J connectivity index is 3.98. The van der Waals surface area contributed by atoms with E-state index in [0.29, 0.717) is 12.5 Å². The number of unbranched alkanes of at least 4 members (excludes halogenated alkanes) is 1. The van der Waals surface area contributed by atoms with Crippen LogP contribution in [0.2, 0.25) is 0 Å². The van der Waals surface area contributed by atoms with Crippen LogP contribution >= 0.6 is 0 Å². The number of amides is 1. The lowest BCUT2D eigenvalue weighted by atomic mass is 10.1. The number of hydrogen-bond acceptors (Lipinski definition) is 2. The molecule has 15 heavy (non-hydrogen) atoms. The molecule has 0 saturated heterocycles. The summed E-state index contributed by atoms with van der Waals surface area (Å²) < 4.78 is 5.02. The quantitative estimate of drug-likeness (QED) is 0.652. The van der Waals surface area contributed by atoms with Crippen LogP contribution in [-0.4, -0.2) is 30.7 Å². The highest BCUT2D eigenvalue weighted by atomic mass is 16.6. The summed E-state index contributed by atoms with van der Waals surface area (Å²) in [6.07, 6.45) is 3.04. The molecule has 0 rings (SSSR count). The summed E-state index contributed by atoms with van der Waals surface area (Å²) in [7, 11) is 0. The van der Waals surface area contributed by atoms with E-state index in [-0.39, 0.29) is 6.09 Å². The summed E-state index contributed by atoms with van der Waals surface area (Å²) in [5.74, 6) is 0.628. The topological polar surface area (TPSA) is 29.5 Å². The van der Waals surface area contributed by atoms with Crippen molar-refractivity contribution in [1.29, 1.82) is 0 Å². The minimum Gasteiger partial charge on any atom is -0.450 e. The molecular formula is C12H25NO2. The van der Waals surface area contributed by atoms with Crippen LogP contribution < -0.4 is 0 Å². The molecule has 0 aliphatic rings. The smallest absolute Gasteiger partial charge is 0.409 e. The molecule has 0 aromatic heterocycles. The first-order valence-corrected chi connectivity index (χ1v) is 6.03. The summed E-state index contributed by atoms with van der Waals surface area (Å²) in [6, 6.07) is 0. The van der Waals surface area contributed by atoms with Gasteiger partial charge in [-0.25, -0.2) is 4.79 Å². The lowest BCUT2D eigenvalue weighted by molar-refractivity contribution is 0.105. The van der Waals surface area contributed by atoms with E-state index in [0.717, 1.165) is 32.4 Å². The van der Waals surface area contributed by atoms with Gasteiger partial charge in [-0.15, -0.1) is 0 Å². The highest BCUT2D eigenvalue weighted by molar-refractivity contribution is 5.67.